The van der Waals surface area contributed by atoms with Crippen LogP contribution in [0.3, 0.4) is 0 Å². The minimum Gasteiger partial charge on any atom is -0.352 e. The van der Waals surface area contributed by atoms with Crippen molar-refractivity contribution in [2.45, 2.75) is 20.4 Å². The van der Waals surface area contributed by atoms with Gasteiger partial charge < -0.3 is 11.1 Å². The highest BCUT2D eigenvalue weighted by molar-refractivity contribution is 6.31. The standard InChI is InChI=1S/C12H16ClFN2O/c1-7-3-10(13)9(4-11(7)14)6-16-12(17)8(2)5-15/h3-4,8H,5-6,15H2,1-2H3,(H,16,17). The van der Waals surface area contributed by atoms with Gasteiger partial charge in [-0.2, -0.15) is 0 Å². The largest absolute Gasteiger partial charge is 0.352 e. The number of rotatable bonds is 4. The smallest absolute Gasteiger partial charge is 0.224 e. The van der Waals surface area contributed by atoms with Crippen LogP contribution in [0.25, 0.3) is 0 Å². The Kier molecular flexibility index (Phi) is 4.90. The van der Waals surface area contributed by atoms with E-state index in [-0.39, 0.29) is 30.7 Å². The molecule has 0 aliphatic carbocycles. The van der Waals surface area contributed by atoms with Crippen molar-refractivity contribution in [1.29, 1.82) is 0 Å². The summed E-state index contributed by atoms with van der Waals surface area (Å²) >= 11 is 5.96. The lowest BCUT2D eigenvalue weighted by Crippen LogP contribution is -2.32. The van der Waals surface area contributed by atoms with E-state index in [1.807, 2.05) is 0 Å². The highest BCUT2D eigenvalue weighted by atomic mass is 35.5. The van der Waals surface area contributed by atoms with Crippen LogP contribution in [-0.4, -0.2) is 12.5 Å². The van der Waals surface area contributed by atoms with Crippen LogP contribution in [-0.2, 0) is 11.3 Å². The topological polar surface area (TPSA) is 55.1 Å². The summed E-state index contributed by atoms with van der Waals surface area (Å²) in [6.45, 7) is 3.85. The Morgan fingerprint density at radius 2 is 2.24 bits per heavy atom. The molecule has 3 N–H and O–H groups in total. The van der Waals surface area contributed by atoms with Gasteiger partial charge in [0.05, 0.1) is 0 Å². The van der Waals surface area contributed by atoms with Crippen molar-refractivity contribution in [2.75, 3.05) is 6.54 Å². The lowest BCUT2D eigenvalue weighted by molar-refractivity contribution is -0.124. The molecule has 1 atom stereocenters. The Morgan fingerprint density at radius 1 is 1.59 bits per heavy atom. The molecule has 1 unspecified atom stereocenters. The predicted molar refractivity (Wildman–Crippen MR) is 66.2 cm³/mol. The first-order valence-electron chi connectivity index (χ1n) is 5.38. The van der Waals surface area contributed by atoms with Gasteiger partial charge in [0.15, 0.2) is 0 Å². The van der Waals surface area contributed by atoms with Gasteiger partial charge in [0.1, 0.15) is 5.82 Å². The second kappa shape index (κ2) is 5.98. The van der Waals surface area contributed by atoms with E-state index in [0.717, 1.165) is 0 Å². The quantitative estimate of drug-likeness (QED) is 0.868. The fourth-order valence-electron chi connectivity index (χ4n) is 1.29. The fraction of sp³-hybridized carbons (Fsp3) is 0.417. The molecule has 0 saturated heterocycles. The molecule has 0 heterocycles. The summed E-state index contributed by atoms with van der Waals surface area (Å²) in [5.74, 6) is -0.751. The van der Waals surface area contributed by atoms with E-state index in [4.69, 9.17) is 17.3 Å². The van der Waals surface area contributed by atoms with Crippen molar-refractivity contribution in [3.63, 3.8) is 0 Å². The molecule has 0 aliphatic heterocycles. The molecule has 1 aromatic rings. The number of hydrogen-bond donors (Lipinski definition) is 2. The molecule has 94 valence electrons. The van der Waals surface area contributed by atoms with Crippen LogP contribution in [0.1, 0.15) is 18.1 Å². The second-order valence-corrected chi connectivity index (χ2v) is 4.45. The van der Waals surface area contributed by atoms with Crippen molar-refractivity contribution in [1.82, 2.24) is 5.32 Å². The minimum absolute atomic E-state index is 0.162. The maximum Gasteiger partial charge on any atom is 0.224 e. The lowest BCUT2D eigenvalue weighted by Gasteiger charge is -2.11. The molecule has 0 bridgehead atoms. The van der Waals surface area contributed by atoms with Gasteiger partial charge >= 0.3 is 0 Å². The molecule has 0 spiro atoms. The molecule has 5 heteroatoms. The Morgan fingerprint density at radius 3 is 2.82 bits per heavy atom. The zero-order valence-electron chi connectivity index (χ0n) is 9.89. The summed E-state index contributed by atoms with van der Waals surface area (Å²) in [5.41, 5.74) is 6.42. The number of halogens is 2. The van der Waals surface area contributed by atoms with Crippen LogP contribution in [0.2, 0.25) is 5.02 Å². The van der Waals surface area contributed by atoms with Crippen molar-refractivity contribution < 1.29 is 9.18 Å². The first kappa shape index (κ1) is 13.9. The number of benzene rings is 1. The Labute approximate surface area is 105 Å². The van der Waals surface area contributed by atoms with E-state index in [1.54, 1.807) is 19.9 Å². The summed E-state index contributed by atoms with van der Waals surface area (Å²) in [5, 5.41) is 3.12. The summed E-state index contributed by atoms with van der Waals surface area (Å²) in [6, 6.07) is 2.88. The van der Waals surface area contributed by atoms with Gasteiger partial charge in [-0.3, -0.25) is 4.79 Å². The van der Waals surface area contributed by atoms with Gasteiger partial charge in [0, 0.05) is 24.0 Å². The normalized spacial score (nSPS) is 12.3. The van der Waals surface area contributed by atoms with Crippen LogP contribution >= 0.6 is 11.6 Å². The van der Waals surface area contributed by atoms with Crippen molar-refractivity contribution in [3.05, 3.63) is 34.1 Å². The highest BCUT2D eigenvalue weighted by Gasteiger charge is 2.11. The molecule has 1 rings (SSSR count). The number of carbonyl (C=O) groups excluding carboxylic acids is 1. The molecule has 0 aromatic heterocycles. The number of carbonyl (C=O) groups is 1. The average molecular weight is 259 g/mol. The van der Waals surface area contributed by atoms with Gasteiger partial charge in [-0.1, -0.05) is 18.5 Å². The zero-order chi connectivity index (χ0) is 13.0. The Bertz CT molecular complexity index is 423. The molecule has 0 saturated carbocycles. The fourth-order valence-corrected chi connectivity index (χ4v) is 1.57. The summed E-state index contributed by atoms with van der Waals surface area (Å²) in [4.78, 5) is 11.5. The van der Waals surface area contributed by atoms with Gasteiger partial charge in [-0.25, -0.2) is 4.39 Å². The minimum atomic E-state index is -0.328. The summed E-state index contributed by atoms with van der Waals surface area (Å²) in [6.07, 6.45) is 0. The van der Waals surface area contributed by atoms with Gasteiger partial charge in [-0.05, 0) is 30.2 Å². The number of amides is 1. The van der Waals surface area contributed by atoms with E-state index in [9.17, 15) is 9.18 Å². The molecular weight excluding hydrogens is 243 g/mol. The van der Waals surface area contributed by atoms with Crippen LogP contribution in [0.4, 0.5) is 4.39 Å². The van der Waals surface area contributed by atoms with Crippen LogP contribution in [0.15, 0.2) is 12.1 Å². The third-order valence-corrected chi connectivity index (χ3v) is 2.93. The summed E-state index contributed by atoms with van der Waals surface area (Å²) in [7, 11) is 0. The summed E-state index contributed by atoms with van der Waals surface area (Å²) < 4.78 is 13.3. The van der Waals surface area contributed by atoms with Crippen molar-refractivity contribution in [2.24, 2.45) is 11.7 Å². The molecule has 0 fully saturated rings. The van der Waals surface area contributed by atoms with E-state index in [2.05, 4.69) is 5.32 Å². The van der Waals surface area contributed by atoms with E-state index < -0.39 is 0 Å². The van der Waals surface area contributed by atoms with Crippen LogP contribution in [0, 0.1) is 18.7 Å². The lowest BCUT2D eigenvalue weighted by atomic mass is 10.1. The molecule has 17 heavy (non-hydrogen) atoms. The first-order valence-corrected chi connectivity index (χ1v) is 5.75. The molecule has 1 amide bonds. The number of nitrogens with two attached hydrogens (primary N) is 1. The molecule has 1 aromatic carbocycles. The first-order chi connectivity index (χ1) is 7.95. The monoisotopic (exact) mass is 258 g/mol. The van der Waals surface area contributed by atoms with Crippen LogP contribution < -0.4 is 11.1 Å². The van der Waals surface area contributed by atoms with E-state index in [1.165, 1.54) is 6.07 Å². The number of hydrogen-bond acceptors (Lipinski definition) is 2. The SMILES string of the molecule is Cc1cc(Cl)c(CNC(=O)C(C)CN)cc1F. The molecule has 0 radical (unpaired) electrons. The molecular formula is C12H16ClFN2O. The highest BCUT2D eigenvalue weighted by Crippen LogP contribution is 2.20. The van der Waals surface area contributed by atoms with Gasteiger partial charge in [-0.15, -0.1) is 0 Å². The van der Waals surface area contributed by atoms with Crippen LogP contribution in [0.5, 0.6) is 0 Å². The Hall–Kier alpha value is -1.13. The molecule has 3 nitrogen and oxygen atoms in total. The second-order valence-electron chi connectivity index (χ2n) is 4.05. The number of aryl methyl sites for hydroxylation is 1. The van der Waals surface area contributed by atoms with Crippen molar-refractivity contribution in [3.8, 4) is 0 Å². The predicted octanol–water partition coefficient (Wildman–Crippen LogP) is 2.00. The third-order valence-electron chi connectivity index (χ3n) is 2.58. The number of nitrogens with one attached hydrogen (secondary N) is 1. The van der Waals surface area contributed by atoms with Gasteiger partial charge in [0.2, 0.25) is 5.91 Å². The van der Waals surface area contributed by atoms with E-state index >= 15 is 0 Å². The third kappa shape index (κ3) is 3.68. The molecule has 0 aliphatic rings. The van der Waals surface area contributed by atoms with Crippen molar-refractivity contribution >= 4 is 17.5 Å². The average Bonchev–Trinajstić information content (AvgIpc) is 2.30. The Balaban J connectivity index is 2.70. The maximum atomic E-state index is 13.3. The zero-order valence-corrected chi connectivity index (χ0v) is 10.6. The van der Waals surface area contributed by atoms with Gasteiger partial charge in [0.25, 0.3) is 0 Å². The maximum absolute atomic E-state index is 13.3. The van der Waals surface area contributed by atoms with E-state index in [0.29, 0.717) is 16.1 Å².